The Morgan fingerprint density at radius 1 is 0.400 bits per heavy atom. The fourth-order valence-electron chi connectivity index (χ4n) is 8.29. The van der Waals surface area contributed by atoms with E-state index in [1.165, 1.54) is 33.4 Å². The first-order chi connectivity index (χ1) is 28.4. The second-order valence-electron chi connectivity index (χ2n) is 19.1. The van der Waals surface area contributed by atoms with Crippen LogP contribution in [0.15, 0.2) is 97.1 Å². The van der Waals surface area contributed by atoms with Gasteiger partial charge in [-0.3, -0.25) is 0 Å². The molecule has 60 heavy (non-hydrogen) atoms. The summed E-state index contributed by atoms with van der Waals surface area (Å²) >= 11 is 0. The lowest BCUT2D eigenvalue weighted by atomic mass is 9.69. The molecule has 0 saturated carbocycles. The summed E-state index contributed by atoms with van der Waals surface area (Å²) in [7, 11) is -0.552. The summed E-state index contributed by atoms with van der Waals surface area (Å²) in [5.74, 6) is 3.36. The van der Waals surface area contributed by atoms with Gasteiger partial charge < -0.3 is 18.1 Å². The van der Waals surface area contributed by atoms with Gasteiger partial charge in [0.05, 0.1) is 0 Å². The Morgan fingerprint density at radius 2 is 0.717 bits per heavy atom. The van der Waals surface area contributed by atoms with Crippen LogP contribution >= 0.6 is 18.1 Å². The topological polar surface area (TPSA) is 36.9 Å². The van der Waals surface area contributed by atoms with Crippen LogP contribution in [-0.2, 0) is 21.7 Å². The Kier molecular flexibility index (Phi) is 13.7. The minimum Gasteiger partial charge on any atom is -0.440 e. The highest BCUT2D eigenvalue weighted by molar-refractivity contribution is 7.27. The number of hydrogen-bond acceptors (Lipinski definition) is 4. The highest BCUT2D eigenvalue weighted by atomic mass is 31.1. The molecule has 0 bridgehead atoms. The van der Waals surface area contributed by atoms with Crippen molar-refractivity contribution < 1.29 is 18.1 Å². The zero-order valence-corrected chi connectivity index (χ0v) is 40.7. The van der Waals surface area contributed by atoms with Gasteiger partial charge in [-0.05, 0) is 106 Å². The average molecular weight is 843 g/mol. The third kappa shape index (κ3) is 8.94. The van der Waals surface area contributed by atoms with E-state index >= 15 is 0 Å². The molecule has 0 aromatic heterocycles. The van der Waals surface area contributed by atoms with E-state index in [2.05, 4.69) is 182 Å². The van der Waals surface area contributed by atoms with E-state index < -0.39 is 0 Å². The van der Waals surface area contributed by atoms with Gasteiger partial charge in [0.1, 0.15) is 23.0 Å². The monoisotopic (exact) mass is 842 g/mol. The predicted octanol–water partition coefficient (Wildman–Crippen LogP) is 17.0. The molecule has 6 rings (SSSR count). The molecule has 0 radical (unpaired) electrons. The third-order valence-electron chi connectivity index (χ3n) is 13.9. The minimum atomic E-state index is -0.276. The molecule has 0 N–H and O–H groups in total. The molecule has 2 unspecified atom stereocenters. The predicted molar refractivity (Wildman–Crippen MR) is 262 cm³/mol. The maximum absolute atomic E-state index is 7.20. The van der Waals surface area contributed by atoms with E-state index in [0.717, 1.165) is 81.4 Å². The molecule has 0 aliphatic rings. The number of hydrogen-bond donors (Lipinski definition) is 0. The van der Waals surface area contributed by atoms with Crippen molar-refractivity contribution in [2.75, 3.05) is 0 Å². The van der Waals surface area contributed by atoms with E-state index in [9.17, 15) is 0 Å². The van der Waals surface area contributed by atoms with Gasteiger partial charge >= 0.3 is 0 Å². The first-order valence-electron chi connectivity index (χ1n) is 21.9. The van der Waals surface area contributed by atoms with Crippen molar-refractivity contribution in [3.05, 3.63) is 130 Å². The van der Waals surface area contributed by atoms with Crippen LogP contribution in [0.3, 0.4) is 0 Å². The lowest BCUT2D eigenvalue weighted by Gasteiger charge is -2.37. The smallest absolute Gasteiger partial charge is 0.275 e. The van der Waals surface area contributed by atoms with Gasteiger partial charge in [0.2, 0.25) is 0 Å². The summed E-state index contributed by atoms with van der Waals surface area (Å²) in [5, 5.41) is 4.42. The van der Waals surface area contributed by atoms with Crippen LogP contribution in [0.4, 0.5) is 0 Å². The molecule has 6 aromatic carbocycles. The lowest BCUT2D eigenvalue weighted by molar-refractivity contribution is 0.454. The van der Waals surface area contributed by atoms with E-state index in [1.54, 1.807) is 0 Å². The van der Waals surface area contributed by atoms with Gasteiger partial charge in [0.25, 0.3) is 18.1 Å². The zero-order chi connectivity index (χ0) is 43.6. The second kappa shape index (κ2) is 18.1. The average Bonchev–Trinajstić information content (AvgIpc) is 3.24. The molecule has 0 amide bonds. The first-order valence-corrected chi connectivity index (χ1v) is 23.6. The van der Waals surface area contributed by atoms with Gasteiger partial charge in [-0.2, -0.15) is 0 Å². The molecular formula is C54H68O4P2. The fourth-order valence-corrected chi connectivity index (χ4v) is 9.50. The van der Waals surface area contributed by atoms with Crippen molar-refractivity contribution in [3.63, 3.8) is 0 Å². The summed E-state index contributed by atoms with van der Waals surface area (Å²) in [6.45, 7) is 32.6. The maximum atomic E-state index is 7.20. The molecule has 4 nitrogen and oxygen atoms in total. The summed E-state index contributed by atoms with van der Waals surface area (Å²) in [5.41, 5.74) is 9.01. The normalized spacial score (nSPS) is 13.0. The van der Waals surface area contributed by atoms with Gasteiger partial charge in [-0.25, -0.2) is 0 Å². The van der Waals surface area contributed by atoms with Crippen molar-refractivity contribution in [1.29, 1.82) is 0 Å². The Bertz CT molecular complexity index is 2290. The molecule has 0 fully saturated rings. The number of fused-ring (bicyclic) bond motifs is 2. The SMILES string of the molecule is CCC(C)(C)c1cc(C(C)(C)CC)c(OPOc2cccc3ccccc23)c(-c2c(C)c(C(C)(C)CC)cc(C(C)(C)CC)c2OPOc2cccc3ccccc23)c1C. The van der Waals surface area contributed by atoms with Crippen LogP contribution < -0.4 is 18.1 Å². The Balaban J connectivity index is 1.66. The van der Waals surface area contributed by atoms with Crippen molar-refractivity contribution in [2.24, 2.45) is 0 Å². The zero-order valence-electron chi connectivity index (χ0n) is 38.7. The molecule has 0 aliphatic heterocycles. The molecule has 0 spiro atoms. The highest BCUT2D eigenvalue weighted by Gasteiger charge is 2.37. The minimum absolute atomic E-state index is 0.0996. The molecule has 0 saturated heterocycles. The van der Waals surface area contributed by atoms with E-state index in [4.69, 9.17) is 18.1 Å². The Hall–Kier alpha value is -4.10. The lowest BCUT2D eigenvalue weighted by Crippen LogP contribution is -2.25. The van der Waals surface area contributed by atoms with Crippen molar-refractivity contribution >= 4 is 39.6 Å². The third-order valence-corrected chi connectivity index (χ3v) is 15.1. The van der Waals surface area contributed by atoms with Crippen LogP contribution in [0.2, 0.25) is 0 Å². The molecule has 6 heteroatoms. The van der Waals surface area contributed by atoms with Crippen LogP contribution in [0, 0.1) is 13.8 Å². The van der Waals surface area contributed by atoms with E-state index in [-0.39, 0.29) is 39.7 Å². The van der Waals surface area contributed by atoms with Crippen molar-refractivity contribution in [2.45, 2.75) is 144 Å². The summed E-state index contributed by atoms with van der Waals surface area (Å²) in [4.78, 5) is 0. The molecular weight excluding hydrogens is 775 g/mol. The number of benzene rings is 6. The molecule has 6 aromatic rings. The summed E-state index contributed by atoms with van der Waals surface area (Å²) < 4.78 is 27.7. The summed E-state index contributed by atoms with van der Waals surface area (Å²) in [6.07, 6.45) is 3.85. The van der Waals surface area contributed by atoms with Gasteiger partial charge in [-0.15, -0.1) is 0 Å². The highest BCUT2D eigenvalue weighted by Crippen LogP contribution is 2.56. The first kappa shape index (κ1) is 45.4. The number of rotatable bonds is 17. The maximum Gasteiger partial charge on any atom is 0.275 e. The molecule has 2 atom stereocenters. The fraction of sp³-hybridized carbons (Fsp3) is 0.407. The summed E-state index contributed by atoms with van der Waals surface area (Å²) in [6, 6.07) is 34.1. The van der Waals surface area contributed by atoms with Crippen LogP contribution in [0.5, 0.6) is 23.0 Å². The molecule has 0 heterocycles. The quantitative estimate of drug-likeness (QED) is 0.0857. The van der Waals surface area contributed by atoms with Gasteiger partial charge in [0.15, 0.2) is 0 Å². The van der Waals surface area contributed by atoms with E-state index in [1.807, 2.05) is 12.1 Å². The van der Waals surface area contributed by atoms with Crippen molar-refractivity contribution in [1.82, 2.24) is 0 Å². The van der Waals surface area contributed by atoms with Crippen molar-refractivity contribution in [3.8, 4) is 34.1 Å². The second-order valence-corrected chi connectivity index (χ2v) is 20.2. The standard InChI is InChI=1S/C54H68O4P2/c1-15-51(7,8)41-33-43(53(11,12)17-3)49(57-59-55-45-31-23-27-37-25-19-21-29-39(37)45)47(35(41)5)48-36(6)42(52(9,10)16-2)34-44(54(13,14)18-4)50(48)58-60-56-46-32-24-28-38-26-20-22-30-40(38)46/h19-34,59-60H,15-18H2,1-14H3. The Morgan fingerprint density at radius 3 is 1.07 bits per heavy atom. The Labute approximate surface area is 365 Å². The molecule has 0 aliphatic carbocycles. The van der Waals surface area contributed by atoms with Crippen LogP contribution in [-0.4, -0.2) is 0 Å². The van der Waals surface area contributed by atoms with Crippen LogP contribution in [0.25, 0.3) is 32.7 Å². The largest absolute Gasteiger partial charge is 0.440 e. The van der Waals surface area contributed by atoms with Gasteiger partial charge in [-0.1, -0.05) is 168 Å². The van der Waals surface area contributed by atoms with Gasteiger partial charge in [0, 0.05) is 33.0 Å². The van der Waals surface area contributed by atoms with Crippen LogP contribution in [0.1, 0.15) is 142 Å². The molecule has 318 valence electrons. The van der Waals surface area contributed by atoms with E-state index in [0.29, 0.717) is 0 Å².